The standard InChI is InChI=1S/C21H27FN2O5S/c1-7-29-21(26)20-14(4)19(15(5)23(20)6)18(25)12-24(13(2)3)30(27,28)17-10-8-16(22)9-11-17/h8-11,13H,7,12H2,1-6H3. The second-order valence-corrected chi connectivity index (χ2v) is 9.13. The molecule has 0 spiro atoms. The number of carbonyl (C=O) groups excluding carboxylic acids is 2. The average Bonchev–Trinajstić information content (AvgIpc) is 2.88. The summed E-state index contributed by atoms with van der Waals surface area (Å²) in [4.78, 5) is 25.3. The number of ether oxygens (including phenoxy) is 1. The quantitative estimate of drug-likeness (QED) is 0.467. The van der Waals surface area contributed by atoms with E-state index in [1.165, 1.54) is 12.1 Å². The Kier molecular flexibility index (Phi) is 7.20. The van der Waals surface area contributed by atoms with Crippen molar-refractivity contribution >= 4 is 21.8 Å². The molecule has 0 N–H and O–H groups in total. The van der Waals surface area contributed by atoms with Gasteiger partial charge in [-0.05, 0) is 64.4 Å². The van der Waals surface area contributed by atoms with Crippen molar-refractivity contribution in [2.75, 3.05) is 13.2 Å². The summed E-state index contributed by atoms with van der Waals surface area (Å²) in [5, 5.41) is 0. The van der Waals surface area contributed by atoms with Crippen LogP contribution in [0.5, 0.6) is 0 Å². The largest absolute Gasteiger partial charge is 0.461 e. The van der Waals surface area contributed by atoms with E-state index in [4.69, 9.17) is 4.74 Å². The van der Waals surface area contributed by atoms with Gasteiger partial charge >= 0.3 is 5.97 Å². The Labute approximate surface area is 176 Å². The summed E-state index contributed by atoms with van der Waals surface area (Å²) in [6.45, 7) is 8.12. The molecule has 0 aliphatic heterocycles. The number of rotatable bonds is 8. The zero-order chi connectivity index (χ0) is 22.8. The maximum atomic E-state index is 13.2. The molecule has 0 aliphatic carbocycles. The second-order valence-electron chi connectivity index (χ2n) is 7.23. The zero-order valence-electron chi connectivity index (χ0n) is 18.0. The van der Waals surface area contributed by atoms with Crippen LogP contribution in [0.3, 0.4) is 0 Å². The summed E-state index contributed by atoms with van der Waals surface area (Å²) in [5.74, 6) is -1.53. The van der Waals surface area contributed by atoms with Gasteiger partial charge in [0, 0.05) is 24.3 Å². The first-order valence-corrected chi connectivity index (χ1v) is 11.0. The lowest BCUT2D eigenvalue weighted by Crippen LogP contribution is -2.40. The Bertz CT molecular complexity index is 1060. The number of carbonyl (C=O) groups is 2. The van der Waals surface area contributed by atoms with Crippen LogP contribution in [0.1, 0.15) is 52.9 Å². The molecule has 2 rings (SSSR count). The van der Waals surface area contributed by atoms with Gasteiger partial charge in [0.15, 0.2) is 5.78 Å². The summed E-state index contributed by atoms with van der Waals surface area (Å²) in [7, 11) is -2.37. The molecular formula is C21H27FN2O5S. The van der Waals surface area contributed by atoms with Gasteiger partial charge in [0.05, 0.1) is 18.0 Å². The molecule has 1 aromatic heterocycles. The topological polar surface area (TPSA) is 85.7 Å². The molecule has 1 aromatic carbocycles. The van der Waals surface area contributed by atoms with Gasteiger partial charge in [0.1, 0.15) is 11.5 Å². The number of esters is 1. The summed E-state index contributed by atoms with van der Waals surface area (Å²) in [6, 6.07) is 3.94. The number of aromatic nitrogens is 1. The Hall–Kier alpha value is -2.52. The number of benzene rings is 1. The van der Waals surface area contributed by atoms with E-state index in [-0.39, 0.29) is 17.2 Å². The van der Waals surface area contributed by atoms with Crippen molar-refractivity contribution in [3.8, 4) is 0 Å². The van der Waals surface area contributed by atoms with Crippen LogP contribution in [-0.4, -0.2) is 48.2 Å². The predicted molar refractivity (Wildman–Crippen MR) is 111 cm³/mol. The molecule has 1 heterocycles. The van der Waals surface area contributed by atoms with E-state index in [2.05, 4.69) is 0 Å². The number of hydrogen-bond donors (Lipinski definition) is 0. The summed E-state index contributed by atoms with van der Waals surface area (Å²) in [6.07, 6.45) is 0. The molecule has 9 heteroatoms. The van der Waals surface area contributed by atoms with Crippen molar-refractivity contribution in [1.82, 2.24) is 8.87 Å². The number of Topliss-reactive ketones (excluding diaryl/α,β-unsaturated/α-hetero) is 1. The van der Waals surface area contributed by atoms with Crippen LogP contribution in [-0.2, 0) is 21.8 Å². The highest BCUT2D eigenvalue weighted by Crippen LogP contribution is 2.25. The van der Waals surface area contributed by atoms with Crippen LogP contribution in [0.4, 0.5) is 4.39 Å². The van der Waals surface area contributed by atoms with Gasteiger partial charge in [0.2, 0.25) is 10.0 Å². The second kappa shape index (κ2) is 9.09. The molecule has 0 aliphatic rings. The fourth-order valence-electron chi connectivity index (χ4n) is 3.38. The van der Waals surface area contributed by atoms with E-state index in [9.17, 15) is 22.4 Å². The lowest BCUT2D eigenvalue weighted by Gasteiger charge is -2.25. The van der Waals surface area contributed by atoms with E-state index in [0.717, 1.165) is 16.4 Å². The third-order valence-electron chi connectivity index (χ3n) is 4.97. The average molecular weight is 439 g/mol. The summed E-state index contributed by atoms with van der Waals surface area (Å²) < 4.78 is 47.0. The maximum absolute atomic E-state index is 13.2. The fourth-order valence-corrected chi connectivity index (χ4v) is 4.98. The SMILES string of the molecule is CCOC(=O)c1c(C)c(C(=O)CN(C(C)C)S(=O)(=O)c2ccc(F)cc2)c(C)n1C. The van der Waals surface area contributed by atoms with E-state index in [0.29, 0.717) is 16.8 Å². The molecule has 30 heavy (non-hydrogen) atoms. The third kappa shape index (κ3) is 4.46. The number of nitrogens with zero attached hydrogens (tertiary/aromatic N) is 2. The highest BCUT2D eigenvalue weighted by atomic mass is 32.2. The van der Waals surface area contributed by atoms with Crippen molar-refractivity contribution in [2.45, 2.75) is 45.6 Å². The fraction of sp³-hybridized carbons (Fsp3) is 0.429. The lowest BCUT2D eigenvalue weighted by atomic mass is 10.1. The minimum absolute atomic E-state index is 0.0980. The first kappa shape index (κ1) is 23.8. The van der Waals surface area contributed by atoms with E-state index in [1.54, 1.807) is 46.2 Å². The van der Waals surface area contributed by atoms with Crippen molar-refractivity contribution in [1.29, 1.82) is 0 Å². The Morgan fingerprint density at radius 1 is 1.17 bits per heavy atom. The number of ketones is 1. The predicted octanol–water partition coefficient (Wildman–Crippen LogP) is 3.24. The Balaban J connectivity index is 2.45. The number of hydrogen-bond acceptors (Lipinski definition) is 5. The monoisotopic (exact) mass is 438 g/mol. The molecular weight excluding hydrogens is 411 g/mol. The van der Waals surface area contributed by atoms with E-state index in [1.807, 2.05) is 0 Å². The van der Waals surface area contributed by atoms with Crippen molar-refractivity contribution < 1.29 is 27.1 Å². The van der Waals surface area contributed by atoms with Crippen LogP contribution in [0.2, 0.25) is 0 Å². The molecule has 0 amide bonds. The molecule has 0 fully saturated rings. The van der Waals surface area contributed by atoms with Gasteiger partial charge in [-0.15, -0.1) is 0 Å². The van der Waals surface area contributed by atoms with Crippen LogP contribution >= 0.6 is 0 Å². The maximum Gasteiger partial charge on any atom is 0.355 e. The molecule has 0 radical (unpaired) electrons. The highest BCUT2D eigenvalue weighted by molar-refractivity contribution is 7.89. The van der Waals surface area contributed by atoms with Crippen LogP contribution in [0.25, 0.3) is 0 Å². The Morgan fingerprint density at radius 2 is 1.73 bits per heavy atom. The van der Waals surface area contributed by atoms with Crippen LogP contribution < -0.4 is 0 Å². The first-order chi connectivity index (χ1) is 13.9. The van der Waals surface area contributed by atoms with Crippen LogP contribution in [0.15, 0.2) is 29.2 Å². The lowest BCUT2D eigenvalue weighted by molar-refractivity contribution is 0.0514. The van der Waals surface area contributed by atoms with Gasteiger partial charge < -0.3 is 9.30 Å². The van der Waals surface area contributed by atoms with Crippen molar-refractivity contribution in [3.63, 3.8) is 0 Å². The molecule has 0 unspecified atom stereocenters. The molecule has 0 atom stereocenters. The van der Waals surface area contributed by atoms with Gasteiger partial charge in [0.25, 0.3) is 0 Å². The third-order valence-corrected chi connectivity index (χ3v) is 7.01. The number of halogens is 1. The van der Waals surface area contributed by atoms with Gasteiger partial charge in [-0.25, -0.2) is 17.6 Å². The van der Waals surface area contributed by atoms with Crippen molar-refractivity contribution in [3.05, 3.63) is 52.6 Å². The van der Waals surface area contributed by atoms with Gasteiger partial charge in [-0.2, -0.15) is 4.31 Å². The summed E-state index contributed by atoms with van der Waals surface area (Å²) in [5.41, 5.74) is 1.54. The van der Waals surface area contributed by atoms with Crippen molar-refractivity contribution in [2.24, 2.45) is 7.05 Å². The minimum Gasteiger partial charge on any atom is -0.461 e. The Morgan fingerprint density at radius 3 is 2.23 bits per heavy atom. The minimum atomic E-state index is -4.03. The molecule has 7 nitrogen and oxygen atoms in total. The van der Waals surface area contributed by atoms with Gasteiger partial charge in [-0.1, -0.05) is 0 Å². The van der Waals surface area contributed by atoms with E-state index < -0.39 is 40.2 Å². The molecule has 0 saturated heterocycles. The highest BCUT2D eigenvalue weighted by Gasteiger charge is 2.32. The number of sulfonamides is 1. The van der Waals surface area contributed by atoms with Crippen LogP contribution in [0, 0.1) is 19.7 Å². The van der Waals surface area contributed by atoms with E-state index >= 15 is 0 Å². The molecule has 0 saturated carbocycles. The molecule has 2 aromatic rings. The smallest absolute Gasteiger partial charge is 0.355 e. The first-order valence-electron chi connectivity index (χ1n) is 9.57. The zero-order valence-corrected chi connectivity index (χ0v) is 18.8. The normalized spacial score (nSPS) is 11.9. The molecule has 164 valence electrons. The summed E-state index contributed by atoms with van der Waals surface area (Å²) >= 11 is 0. The molecule has 0 bridgehead atoms. The van der Waals surface area contributed by atoms with Gasteiger partial charge in [-0.3, -0.25) is 4.79 Å².